The topological polar surface area (TPSA) is 66.4 Å². The summed E-state index contributed by atoms with van der Waals surface area (Å²) in [6, 6.07) is 2.58. The third-order valence-corrected chi connectivity index (χ3v) is 4.75. The summed E-state index contributed by atoms with van der Waals surface area (Å²) in [6.07, 6.45) is 3.11. The van der Waals surface area contributed by atoms with Crippen LogP contribution in [0.15, 0.2) is 12.1 Å². The summed E-state index contributed by atoms with van der Waals surface area (Å²) in [7, 11) is 0. The van der Waals surface area contributed by atoms with Crippen molar-refractivity contribution in [2.75, 3.05) is 5.32 Å². The van der Waals surface area contributed by atoms with Crippen LogP contribution in [0.4, 0.5) is 5.69 Å². The van der Waals surface area contributed by atoms with Gasteiger partial charge < -0.3 is 10.4 Å². The second-order valence-corrected chi connectivity index (χ2v) is 6.35. The molecule has 0 spiro atoms. The van der Waals surface area contributed by atoms with Crippen LogP contribution in [-0.4, -0.2) is 17.0 Å². The van der Waals surface area contributed by atoms with E-state index >= 15 is 0 Å². The molecule has 1 amide bonds. The van der Waals surface area contributed by atoms with Crippen molar-refractivity contribution >= 4 is 40.8 Å². The number of nitrogens with one attached hydrogen (secondary N) is 1. The summed E-state index contributed by atoms with van der Waals surface area (Å²) < 4.78 is 0. The minimum Gasteiger partial charge on any atom is -0.478 e. The Labute approximate surface area is 126 Å². The maximum absolute atomic E-state index is 12.2. The molecule has 4 nitrogen and oxygen atoms in total. The van der Waals surface area contributed by atoms with Gasteiger partial charge in [-0.1, -0.05) is 23.2 Å². The van der Waals surface area contributed by atoms with Crippen molar-refractivity contribution < 1.29 is 14.7 Å². The zero-order valence-corrected chi connectivity index (χ0v) is 12.0. The fourth-order valence-electron chi connectivity index (χ4n) is 2.97. The standard InChI is InChI=1S/C14H13Cl2NO3/c15-10-4-9(14(19)20)5-11(16)12(10)17-13(18)8-2-6-1-7(6)3-8/h4-8H,1-3H2,(H,17,18)(H,19,20). The number of anilines is 1. The molecule has 2 aliphatic rings. The van der Waals surface area contributed by atoms with Gasteiger partial charge in [-0.2, -0.15) is 0 Å². The number of rotatable bonds is 3. The molecule has 106 valence electrons. The lowest BCUT2D eigenvalue weighted by atomic mass is 10.0. The smallest absolute Gasteiger partial charge is 0.335 e. The van der Waals surface area contributed by atoms with Crippen molar-refractivity contribution in [1.82, 2.24) is 0 Å². The number of aromatic carboxylic acids is 1. The molecule has 0 heterocycles. The fraction of sp³-hybridized carbons (Fsp3) is 0.429. The molecule has 2 fully saturated rings. The van der Waals surface area contributed by atoms with E-state index in [9.17, 15) is 9.59 Å². The van der Waals surface area contributed by atoms with E-state index in [1.165, 1.54) is 18.6 Å². The Morgan fingerprint density at radius 3 is 2.15 bits per heavy atom. The average Bonchev–Trinajstić information content (AvgIpc) is 2.99. The van der Waals surface area contributed by atoms with Crippen LogP contribution in [0.25, 0.3) is 0 Å². The minimum absolute atomic E-state index is 0.000102. The van der Waals surface area contributed by atoms with Crippen LogP contribution in [0.3, 0.4) is 0 Å². The zero-order chi connectivity index (χ0) is 14.4. The second-order valence-electron chi connectivity index (χ2n) is 5.53. The Kier molecular flexibility index (Phi) is 3.38. The number of fused-ring (bicyclic) bond motifs is 1. The second kappa shape index (κ2) is 4.93. The number of amides is 1. The molecule has 0 aromatic heterocycles. The largest absolute Gasteiger partial charge is 0.478 e. The van der Waals surface area contributed by atoms with E-state index in [0.717, 1.165) is 12.8 Å². The highest BCUT2D eigenvalue weighted by Gasteiger charge is 2.48. The molecule has 1 aromatic carbocycles. The first-order valence-corrected chi connectivity index (χ1v) is 7.24. The van der Waals surface area contributed by atoms with E-state index in [4.69, 9.17) is 28.3 Å². The summed E-state index contributed by atoms with van der Waals surface area (Å²) in [5.74, 6) is 0.258. The highest BCUT2D eigenvalue weighted by molar-refractivity contribution is 6.40. The number of carbonyl (C=O) groups excluding carboxylic acids is 1. The quantitative estimate of drug-likeness (QED) is 0.894. The lowest BCUT2D eigenvalue weighted by Gasteiger charge is -2.15. The Morgan fingerprint density at radius 2 is 1.65 bits per heavy atom. The van der Waals surface area contributed by atoms with Gasteiger partial charge in [-0.25, -0.2) is 4.79 Å². The van der Waals surface area contributed by atoms with Gasteiger partial charge in [-0.15, -0.1) is 0 Å². The van der Waals surface area contributed by atoms with Gasteiger partial charge in [0, 0.05) is 5.92 Å². The zero-order valence-electron chi connectivity index (χ0n) is 10.5. The lowest BCUT2D eigenvalue weighted by molar-refractivity contribution is -0.120. The van der Waals surface area contributed by atoms with Gasteiger partial charge in [0.25, 0.3) is 0 Å². The van der Waals surface area contributed by atoms with E-state index in [1.54, 1.807) is 0 Å². The molecule has 1 aromatic rings. The number of carboxylic acids is 1. The SMILES string of the molecule is O=C(O)c1cc(Cl)c(NC(=O)C2CC3CC3C2)c(Cl)c1. The van der Waals surface area contributed by atoms with Crippen molar-refractivity contribution in [2.24, 2.45) is 17.8 Å². The minimum atomic E-state index is -1.11. The van der Waals surface area contributed by atoms with E-state index in [2.05, 4.69) is 5.32 Å². The number of hydrogen-bond donors (Lipinski definition) is 2. The number of benzene rings is 1. The van der Waals surface area contributed by atoms with Gasteiger partial charge in [0.05, 0.1) is 21.3 Å². The van der Waals surface area contributed by atoms with E-state index in [0.29, 0.717) is 17.5 Å². The maximum Gasteiger partial charge on any atom is 0.335 e. The molecule has 0 aliphatic heterocycles. The number of halogens is 2. The molecule has 2 aliphatic carbocycles. The maximum atomic E-state index is 12.2. The van der Waals surface area contributed by atoms with Gasteiger partial charge in [-0.05, 0) is 43.2 Å². The third-order valence-electron chi connectivity index (χ3n) is 4.15. The van der Waals surface area contributed by atoms with Gasteiger partial charge in [-0.3, -0.25) is 4.79 Å². The van der Waals surface area contributed by atoms with Gasteiger partial charge >= 0.3 is 5.97 Å². The molecule has 2 N–H and O–H groups in total. The fourth-order valence-corrected chi connectivity index (χ4v) is 3.55. The van der Waals surface area contributed by atoms with Gasteiger partial charge in [0.15, 0.2) is 0 Å². The molecule has 2 saturated carbocycles. The molecule has 0 radical (unpaired) electrons. The van der Waals surface area contributed by atoms with Crippen LogP contribution in [0.5, 0.6) is 0 Å². The Morgan fingerprint density at radius 1 is 1.10 bits per heavy atom. The van der Waals surface area contributed by atoms with Crippen LogP contribution in [-0.2, 0) is 4.79 Å². The summed E-state index contributed by atoms with van der Waals surface area (Å²) >= 11 is 12.0. The molecule has 3 rings (SSSR count). The number of carboxylic acid groups (broad SMARTS) is 1. The summed E-state index contributed by atoms with van der Waals surface area (Å²) in [5.41, 5.74) is 0.295. The average molecular weight is 314 g/mol. The Bertz CT molecular complexity index is 569. The first-order valence-electron chi connectivity index (χ1n) is 6.49. The van der Waals surface area contributed by atoms with Gasteiger partial charge in [0.2, 0.25) is 5.91 Å². The third kappa shape index (κ3) is 2.50. The monoisotopic (exact) mass is 313 g/mol. The van der Waals surface area contributed by atoms with E-state index < -0.39 is 5.97 Å². The Hall–Kier alpha value is -1.26. The highest BCUT2D eigenvalue weighted by Crippen LogP contribution is 2.54. The summed E-state index contributed by atoms with van der Waals surface area (Å²) in [4.78, 5) is 23.0. The van der Waals surface area contributed by atoms with Crippen molar-refractivity contribution in [3.05, 3.63) is 27.7 Å². The molecular formula is C14H13Cl2NO3. The number of hydrogen-bond acceptors (Lipinski definition) is 2. The van der Waals surface area contributed by atoms with Crippen molar-refractivity contribution in [2.45, 2.75) is 19.3 Å². The molecule has 0 bridgehead atoms. The number of carbonyl (C=O) groups is 2. The first-order chi connectivity index (χ1) is 9.45. The summed E-state index contributed by atoms with van der Waals surface area (Å²) in [6.45, 7) is 0. The van der Waals surface area contributed by atoms with Crippen molar-refractivity contribution in [1.29, 1.82) is 0 Å². The predicted molar refractivity (Wildman–Crippen MR) is 76.4 cm³/mol. The molecule has 2 atom stereocenters. The van der Waals surface area contributed by atoms with Gasteiger partial charge in [0.1, 0.15) is 0 Å². The normalized spacial score (nSPS) is 27.0. The molecular weight excluding hydrogens is 301 g/mol. The van der Waals surface area contributed by atoms with Crippen molar-refractivity contribution in [3.8, 4) is 0 Å². The van der Waals surface area contributed by atoms with Crippen LogP contribution < -0.4 is 5.32 Å². The van der Waals surface area contributed by atoms with Crippen LogP contribution in [0.1, 0.15) is 29.6 Å². The summed E-state index contributed by atoms with van der Waals surface area (Å²) in [5, 5.41) is 11.9. The predicted octanol–water partition coefficient (Wildman–Crippen LogP) is 3.68. The Balaban J connectivity index is 1.76. The van der Waals surface area contributed by atoms with E-state index in [1.807, 2.05) is 0 Å². The molecule has 0 saturated heterocycles. The van der Waals surface area contributed by atoms with Crippen LogP contribution in [0.2, 0.25) is 10.0 Å². The lowest BCUT2D eigenvalue weighted by Crippen LogP contribution is -2.22. The molecule has 2 unspecified atom stereocenters. The van der Waals surface area contributed by atoms with Crippen LogP contribution in [0, 0.1) is 17.8 Å². The molecule has 20 heavy (non-hydrogen) atoms. The highest BCUT2D eigenvalue weighted by atomic mass is 35.5. The first kappa shape index (κ1) is 13.7. The van der Waals surface area contributed by atoms with Crippen LogP contribution >= 0.6 is 23.2 Å². The van der Waals surface area contributed by atoms with E-state index in [-0.39, 0.29) is 27.4 Å². The molecule has 6 heteroatoms. The van der Waals surface area contributed by atoms with Crippen molar-refractivity contribution in [3.63, 3.8) is 0 Å².